The van der Waals surface area contributed by atoms with Crippen molar-refractivity contribution >= 4 is 61.2 Å². The highest BCUT2D eigenvalue weighted by atomic mass is 32.2. The van der Waals surface area contributed by atoms with Gasteiger partial charge in [-0.25, -0.2) is 23.2 Å². The van der Waals surface area contributed by atoms with Crippen LogP contribution in [0.4, 0.5) is 9.93 Å². The zero-order chi connectivity index (χ0) is 43.1. The molecular formula is C43H53N7O9S2. The van der Waals surface area contributed by atoms with E-state index in [-0.39, 0.29) is 31.4 Å². The third kappa shape index (κ3) is 9.06. The first kappa shape index (κ1) is 42.5. The monoisotopic (exact) mass is 875 g/mol. The van der Waals surface area contributed by atoms with E-state index in [1.54, 1.807) is 25.3 Å². The molecule has 4 fully saturated rings. The van der Waals surface area contributed by atoms with Crippen molar-refractivity contribution in [3.05, 3.63) is 54.5 Å². The molecule has 3 aliphatic carbocycles. The van der Waals surface area contributed by atoms with E-state index in [0.29, 0.717) is 59.5 Å². The smallest absolute Gasteiger partial charge is 0.408 e. The Balaban J connectivity index is 1.14. The van der Waals surface area contributed by atoms with Crippen LogP contribution in [0.15, 0.2) is 54.5 Å². The Labute approximate surface area is 359 Å². The maximum Gasteiger partial charge on any atom is 0.408 e. The normalized spacial score (nSPS) is 27.0. The van der Waals surface area contributed by atoms with Crippen LogP contribution < -0.4 is 30.1 Å². The minimum Gasteiger partial charge on any atom is -0.497 e. The SMILES string of the molecule is C=C[C@@H]1CC1(NC(=O)[C@@H]1C[C@@H](Oc2cc(-c3csc(NC(C)C)n3)nc3cc(OC)ccc23)C2CC/C=C\CC(NC(=O)OC3CCCC3)C(=O)N21)C(=O)NS(=O)(=O)C1CC1. The van der Waals surface area contributed by atoms with E-state index in [0.717, 1.165) is 30.8 Å². The summed E-state index contributed by atoms with van der Waals surface area (Å²) in [6, 6.07) is 4.53. The van der Waals surface area contributed by atoms with Crippen molar-refractivity contribution in [3.63, 3.8) is 0 Å². The van der Waals surface area contributed by atoms with Gasteiger partial charge in [-0.05, 0) is 90.2 Å². The lowest BCUT2D eigenvalue weighted by molar-refractivity contribution is -0.143. The Hall–Kier alpha value is -5.23. The third-order valence-corrected chi connectivity index (χ3v) is 14.7. The average molecular weight is 876 g/mol. The molecule has 5 aliphatic rings. The summed E-state index contributed by atoms with van der Waals surface area (Å²) in [6.45, 7) is 7.88. The highest BCUT2D eigenvalue weighted by molar-refractivity contribution is 7.91. The maximum absolute atomic E-state index is 14.9. The van der Waals surface area contributed by atoms with E-state index in [1.807, 2.05) is 37.4 Å². The predicted molar refractivity (Wildman–Crippen MR) is 230 cm³/mol. The zero-order valence-corrected chi connectivity index (χ0v) is 36.2. The van der Waals surface area contributed by atoms with Crippen LogP contribution in [0.1, 0.15) is 84.5 Å². The molecule has 4 N–H and O–H groups in total. The van der Waals surface area contributed by atoms with E-state index in [1.165, 1.54) is 22.3 Å². The molecule has 0 spiro atoms. The van der Waals surface area contributed by atoms with Gasteiger partial charge >= 0.3 is 6.09 Å². The number of anilines is 1. The van der Waals surface area contributed by atoms with Gasteiger partial charge in [-0.15, -0.1) is 17.9 Å². The summed E-state index contributed by atoms with van der Waals surface area (Å²) in [7, 11) is -2.35. The van der Waals surface area contributed by atoms with Gasteiger partial charge in [0.05, 0.1) is 29.6 Å². The number of methoxy groups -OCH3 is 1. The van der Waals surface area contributed by atoms with Crippen molar-refractivity contribution in [1.82, 2.24) is 30.2 Å². The molecule has 8 rings (SSSR count). The van der Waals surface area contributed by atoms with Crippen molar-refractivity contribution in [2.45, 2.75) is 132 Å². The molecule has 1 aromatic carbocycles. The standard InChI is InChI=1S/C43H53N7O9S2/c1-5-25-22-43(25,40(53)49-61(55,56)28-16-17-28)48-38(51)35-21-37(34-14-8-6-7-13-30(39(52)50(34)35)47-42(54)58-26-11-9-10-12-26)59-36-20-32(33-23-60-41(46-33)44-24(2)3)45-31-19-27(57-4)15-18-29(31)36/h5-7,15,18-20,23-26,28,30,34-35,37H,1,8-14,16-17,21-22H2,2-4H3,(H,44,46)(H,47,54)(H,48,51)(H,49,53)/b7-6-/t25-,30?,34?,35+,37-,43?/m1/s1. The highest BCUT2D eigenvalue weighted by Crippen LogP contribution is 2.46. The average Bonchev–Trinajstić information content (AvgIpc) is 4.03. The first-order valence-corrected chi connectivity index (χ1v) is 23.5. The lowest BCUT2D eigenvalue weighted by Crippen LogP contribution is -2.59. The summed E-state index contributed by atoms with van der Waals surface area (Å²) in [6.07, 6.45) is 9.22. The molecule has 4 heterocycles. The van der Waals surface area contributed by atoms with Crippen molar-refractivity contribution in [3.8, 4) is 22.9 Å². The number of carbonyl (C=O) groups is 4. The van der Waals surface area contributed by atoms with E-state index in [4.69, 9.17) is 24.2 Å². The van der Waals surface area contributed by atoms with Gasteiger partial charge in [-0.1, -0.05) is 18.2 Å². The number of nitrogens with zero attached hydrogens (tertiary/aromatic N) is 3. The summed E-state index contributed by atoms with van der Waals surface area (Å²) in [5.41, 5.74) is 0.181. The van der Waals surface area contributed by atoms with Crippen molar-refractivity contribution in [1.29, 1.82) is 0 Å². The van der Waals surface area contributed by atoms with Crippen molar-refractivity contribution < 1.29 is 41.8 Å². The number of fused-ring (bicyclic) bond motifs is 2. The minimum absolute atomic E-state index is 0.0243. The molecule has 6 atom stereocenters. The lowest BCUT2D eigenvalue weighted by atomic mass is 10.0. The van der Waals surface area contributed by atoms with Gasteiger partial charge < -0.3 is 35.1 Å². The second kappa shape index (κ2) is 17.3. The van der Waals surface area contributed by atoms with Gasteiger partial charge in [0.2, 0.25) is 21.8 Å². The van der Waals surface area contributed by atoms with Crippen molar-refractivity contribution in [2.75, 3.05) is 12.4 Å². The molecule has 3 unspecified atom stereocenters. The molecule has 3 saturated carbocycles. The molecule has 0 bridgehead atoms. The van der Waals surface area contributed by atoms with Gasteiger partial charge in [0, 0.05) is 41.3 Å². The quantitative estimate of drug-likeness (QED) is 0.151. The number of hydrogen-bond acceptors (Lipinski definition) is 13. The van der Waals surface area contributed by atoms with Crippen LogP contribution in [0.3, 0.4) is 0 Å². The number of nitrogens with one attached hydrogen (secondary N) is 4. The van der Waals surface area contributed by atoms with Gasteiger partial charge in [0.1, 0.15) is 47.0 Å². The first-order chi connectivity index (χ1) is 29.3. The number of alkyl carbamates (subject to hydrolysis) is 1. The molecule has 3 aromatic rings. The summed E-state index contributed by atoms with van der Waals surface area (Å²) in [5, 5.41) is 11.6. The van der Waals surface area contributed by atoms with E-state index < -0.39 is 74.8 Å². The van der Waals surface area contributed by atoms with Crippen LogP contribution in [0, 0.1) is 5.92 Å². The second-order valence-electron chi connectivity index (χ2n) is 16.9. The molecule has 18 heteroatoms. The molecule has 2 aliphatic heterocycles. The van der Waals surface area contributed by atoms with Gasteiger partial charge in [0.15, 0.2) is 5.13 Å². The molecule has 2 aromatic heterocycles. The molecule has 1 saturated heterocycles. The second-order valence-corrected chi connectivity index (χ2v) is 19.7. The summed E-state index contributed by atoms with van der Waals surface area (Å²) < 4.78 is 46.1. The Morgan fingerprint density at radius 1 is 1.05 bits per heavy atom. The summed E-state index contributed by atoms with van der Waals surface area (Å²) in [4.78, 5) is 67.8. The fourth-order valence-electron chi connectivity index (χ4n) is 8.67. The number of thiazole rings is 1. The van der Waals surface area contributed by atoms with E-state index in [9.17, 15) is 27.6 Å². The van der Waals surface area contributed by atoms with Crippen LogP contribution in [0.25, 0.3) is 22.3 Å². The third-order valence-electron chi connectivity index (χ3n) is 12.2. The molecular weight excluding hydrogens is 823 g/mol. The number of rotatable bonds is 14. The molecule has 326 valence electrons. The predicted octanol–water partition coefficient (Wildman–Crippen LogP) is 5.35. The number of hydrogen-bond donors (Lipinski definition) is 4. The van der Waals surface area contributed by atoms with Gasteiger partial charge in [0.25, 0.3) is 5.91 Å². The number of allylic oxidation sites excluding steroid dienone is 1. The Bertz CT molecular complexity index is 2340. The molecule has 0 radical (unpaired) electrons. The number of amides is 4. The van der Waals surface area contributed by atoms with Gasteiger partial charge in [-0.2, -0.15) is 0 Å². The summed E-state index contributed by atoms with van der Waals surface area (Å²) in [5.74, 6) is -1.49. The van der Waals surface area contributed by atoms with Crippen LogP contribution in [0.5, 0.6) is 11.5 Å². The maximum atomic E-state index is 14.9. The Morgan fingerprint density at radius 2 is 1.84 bits per heavy atom. The highest BCUT2D eigenvalue weighted by Gasteiger charge is 2.62. The molecule has 61 heavy (non-hydrogen) atoms. The fraction of sp³-hybridized carbons (Fsp3) is 0.535. The lowest BCUT2D eigenvalue weighted by Gasteiger charge is -2.34. The Morgan fingerprint density at radius 3 is 2.54 bits per heavy atom. The number of benzene rings is 1. The van der Waals surface area contributed by atoms with Crippen molar-refractivity contribution in [2.24, 2.45) is 5.92 Å². The number of pyridine rings is 1. The van der Waals surface area contributed by atoms with Crippen LogP contribution in [-0.4, -0.2) is 101 Å². The van der Waals surface area contributed by atoms with E-state index >= 15 is 0 Å². The number of carbonyl (C=O) groups excluding carboxylic acids is 4. The largest absolute Gasteiger partial charge is 0.497 e. The van der Waals surface area contributed by atoms with Crippen LogP contribution in [0.2, 0.25) is 0 Å². The zero-order valence-electron chi connectivity index (χ0n) is 34.6. The summed E-state index contributed by atoms with van der Waals surface area (Å²) >= 11 is 1.45. The fourth-order valence-corrected chi connectivity index (χ4v) is 10.9. The van der Waals surface area contributed by atoms with E-state index in [2.05, 4.69) is 27.3 Å². The number of aromatic nitrogens is 2. The minimum atomic E-state index is -3.93. The van der Waals surface area contributed by atoms with Crippen LogP contribution in [-0.2, 0) is 29.1 Å². The Kier molecular flexibility index (Phi) is 12.0. The first-order valence-electron chi connectivity index (χ1n) is 21.1. The topological polar surface area (TPSA) is 207 Å². The van der Waals surface area contributed by atoms with Crippen LogP contribution >= 0.6 is 11.3 Å². The number of ether oxygens (including phenoxy) is 3. The molecule has 16 nitrogen and oxygen atoms in total. The van der Waals surface area contributed by atoms with Gasteiger partial charge in [-0.3, -0.25) is 19.1 Å². The molecule has 4 amide bonds. The number of sulfonamides is 1.